The molecule has 0 amide bonds. The Hall–Kier alpha value is -1.80. The van der Waals surface area contributed by atoms with Crippen LogP contribution < -0.4 is 5.73 Å². The van der Waals surface area contributed by atoms with Crippen LogP contribution in [0.5, 0.6) is 0 Å². The van der Waals surface area contributed by atoms with Crippen LogP contribution in [0.1, 0.15) is 18.5 Å². The zero-order valence-electron chi connectivity index (χ0n) is 10.3. The second-order valence-electron chi connectivity index (χ2n) is 4.54. The molecular weight excluding hydrogens is 253 g/mol. The van der Waals surface area contributed by atoms with Crippen LogP contribution in [0.25, 0.3) is 11.2 Å². The van der Waals surface area contributed by atoms with E-state index >= 15 is 0 Å². The Morgan fingerprint density at radius 3 is 3.05 bits per heavy atom. The van der Waals surface area contributed by atoms with E-state index in [1.54, 1.807) is 11.5 Å². The molecule has 1 aliphatic heterocycles. The van der Waals surface area contributed by atoms with Gasteiger partial charge in [-0.1, -0.05) is 0 Å². The van der Waals surface area contributed by atoms with Crippen LogP contribution in [0.2, 0.25) is 0 Å². The number of imidazole rings is 1. The number of anilines is 1. The summed E-state index contributed by atoms with van der Waals surface area (Å²) in [7, 11) is 0. The molecule has 7 nitrogen and oxygen atoms in total. The van der Waals surface area contributed by atoms with Crippen LogP contribution >= 0.6 is 0 Å². The molecule has 0 aromatic carbocycles. The molecule has 102 valence electrons. The van der Waals surface area contributed by atoms with E-state index in [2.05, 4.69) is 15.0 Å². The largest absolute Gasteiger partial charge is 0.394 e. The van der Waals surface area contributed by atoms with Gasteiger partial charge in [0.25, 0.3) is 0 Å². The highest BCUT2D eigenvalue weighted by Gasteiger charge is 2.38. The van der Waals surface area contributed by atoms with Gasteiger partial charge in [0.1, 0.15) is 18.3 Å². The third-order valence-corrected chi connectivity index (χ3v) is 3.27. The lowest BCUT2D eigenvalue weighted by Crippen LogP contribution is -2.18. The molecule has 8 heteroatoms. The van der Waals surface area contributed by atoms with Gasteiger partial charge in [-0.3, -0.25) is 4.57 Å². The van der Waals surface area contributed by atoms with Gasteiger partial charge in [-0.15, -0.1) is 0 Å². The average Bonchev–Trinajstić information content (AvgIpc) is 2.90. The first-order valence-corrected chi connectivity index (χ1v) is 5.97. The second-order valence-corrected chi connectivity index (χ2v) is 4.54. The molecule has 0 aliphatic carbocycles. The lowest BCUT2D eigenvalue weighted by molar-refractivity contribution is -0.0360. The van der Waals surface area contributed by atoms with E-state index in [1.807, 2.05) is 0 Å². The first-order valence-electron chi connectivity index (χ1n) is 5.97. The van der Waals surface area contributed by atoms with Crippen LogP contribution in [0.3, 0.4) is 0 Å². The highest BCUT2D eigenvalue weighted by atomic mass is 19.1. The van der Waals surface area contributed by atoms with Crippen LogP contribution in [0.15, 0.2) is 6.33 Å². The fraction of sp³-hybridized carbons (Fsp3) is 0.545. The summed E-state index contributed by atoms with van der Waals surface area (Å²) < 4.78 is 21.1. The quantitative estimate of drug-likeness (QED) is 0.813. The van der Waals surface area contributed by atoms with Crippen LogP contribution in [-0.4, -0.2) is 43.5 Å². The number of hydrogen-bond acceptors (Lipinski definition) is 6. The highest BCUT2D eigenvalue weighted by molar-refractivity contribution is 5.81. The minimum Gasteiger partial charge on any atom is -0.394 e. The average molecular weight is 267 g/mol. The number of fused-ring (bicyclic) bond motifs is 1. The topological polar surface area (TPSA) is 99.1 Å². The van der Waals surface area contributed by atoms with E-state index in [0.29, 0.717) is 17.0 Å². The SMILES string of the molecule is Cc1nc2c(N)ncnc2n1[C@@H]1O[C@H](CO)C[C@@H]1F. The maximum atomic E-state index is 14.0. The van der Waals surface area contributed by atoms with Crippen molar-refractivity contribution in [2.45, 2.75) is 31.8 Å². The number of aliphatic hydroxyl groups excluding tert-OH is 1. The van der Waals surface area contributed by atoms with Crippen molar-refractivity contribution in [3.05, 3.63) is 12.2 Å². The van der Waals surface area contributed by atoms with Crippen LogP contribution in [0, 0.1) is 6.92 Å². The Morgan fingerprint density at radius 2 is 2.37 bits per heavy atom. The Bertz CT molecular complexity index is 616. The van der Waals surface area contributed by atoms with E-state index in [-0.39, 0.29) is 18.8 Å². The molecule has 2 aromatic rings. The second kappa shape index (κ2) is 4.39. The molecule has 0 unspecified atom stereocenters. The molecule has 1 fully saturated rings. The summed E-state index contributed by atoms with van der Waals surface area (Å²) in [6.45, 7) is 1.52. The van der Waals surface area contributed by atoms with Gasteiger partial charge in [-0.05, 0) is 6.92 Å². The van der Waals surface area contributed by atoms with Gasteiger partial charge in [-0.2, -0.15) is 0 Å². The summed E-state index contributed by atoms with van der Waals surface area (Å²) in [6.07, 6.45) is -1.10. The summed E-state index contributed by atoms with van der Waals surface area (Å²) in [5, 5.41) is 9.06. The van der Waals surface area contributed by atoms with Gasteiger partial charge in [0.15, 0.2) is 23.2 Å². The van der Waals surface area contributed by atoms with Crippen molar-refractivity contribution in [3.63, 3.8) is 0 Å². The minimum absolute atomic E-state index is 0.154. The molecule has 2 aromatic heterocycles. The lowest BCUT2D eigenvalue weighted by Gasteiger charge is -2.17. The van der Waals surface area contributed by atoms with E-state index in [1.165, 1.54) is 6.33 Å². The minimum atomic E-state index is -1.22. The normalized spacial score (nSPS) is 27.2. The van der Waals surface area contributed by atoms with Gasteiger partial charge in [0.2, 0.25) is 0 Å². The summed E-state index contributed by atoms with van der Waals surface area (Å²) >= 11 is 0. The van der Waals surface area contributed by atoms with Gasteiger partial charge in [-0.25, -0.2) is 19.3 Å². The highest BCUT2D eigenvalue weighted by Crippen LogP contribution is 2.34. The summed E-state index contributed by atoms with van der Waals surface area (Å²) in [5.74, 6) is 0.799. The number of nitrogens with zero attached hydrogens (tertiary/aromatic N) is 4. The standard InChI is InChI=1S/C11H14FN5O2/c1-5-16-8-9(13)14-4-15-10(8)17(5)11-7(12)2-6(3-18)19-11/h4,6-7,11,18H,2-3H2,1H3,(H2,13,14,15)/t6-,7-,11+/m0/s1. The third kappa shape index (κ3) is 1.83. The lowest BCUT2D eigenvalue weighted by atomic mass is 10.2. The number of aryl methyl sites for hydroxylation is 1. The van der Waals surface area contributed by atoms with Crippen molar-refractivity contribution in [2.24, 2.45) is 0 Å². The number of halogens is 1. The number of ether oxygens (including phenoxy) is 1. The van der Waals surface area contributed by atoms with Crippen molar-refractivity contribution in [1.82, 2.24) is 19.5 Å². The summed E-state index contributed by atoms with van der Waals surface area (Å²) in [5.41, 5.74) is 6.60. The van der Waals surface area contributed by atoms with Crippen molar-refractivity contribution >= 4 is 17.0 Å². The Morgan fingerprint density at radius 1 is 1.58 bits per heavy atom. The molecule has 1 saturated heterocycles. The van der Waals surface area contributed by atoms with Crippen molar-refractivity contribution in [1.29, 1.82) is 0 Å². The fourth-order valence-electron chi connectivity index (χ4n) is 2.39. The van der Waals surface area contributed by atoms with Crippen molar-refractivity contribution in [3.8, 4) is 0 Å². The molecule has 0 bridgehead atoms. The summed E-state index contributed by atoms with van der Waals surface area (Å²) in [4.78, 5) is 12.2. The predicted octanol–water partition coefficient (Wildman–Crippen LogP) is 0.335. The number of aromatic nitrogens is 4. The zero-order valence-corrected chi connectivity index (χ0v) is 10.3. The first kappa shape index (κ1) is 12.2. The Balaban J connectivity index is 2.10. The van der Waals surface area contributed by atoms with Gasteiger partial charge < -0.3 is 15.6 Å². The fourth-order valence-corrected chi connectivity index (χ4v) is 2.39. The molecule has 3 N–H and O–H groups in total. The first-order chi connectivity index (χ1) is 9.11. The predicted molar refractivity (Wildman–Crippen MR) is 65.0 cm³/mol. The number of rotatable bonds is 2. The molecule has 3 atom stereocenters. The van der Waals surface area contributed by atoms with E-state index in [0.717, 1.165) is 0 Å². The maximum Gasteiger partial charge on any atom is 0.168 e. The van der Waals surface area contributed by atoms with E-state index in [9.17, 15) is 4.39 Å². The Labute approximate surface area is 108 Å². The van der Waals surface area contributed by atoms with Gasteiger partial charge in [0.05, 0.1) is 12.7 Å². The third-order valence-electron chi connectivity index (χ3n) is 3.27. The molecule has 1 aliphatic rings. The maximum absolute atomic E-state index is 14.0. The van der Waals surface area contributed by atoms with Gasteiger partial charge >= 0.3 is 0 Å². The number of aliphatic hydroxyl groups is 1. The van der Waals surface area contributed by atoms with E-state index in [4.69, 9.17) is 15.6 Å². The molecule has 0 spiro atoms. The number of hydrogen-bond donors (Lipinski definition) is 2. The molecule has 0 saturated carbocycles. The summed E-state index contributed by atoms with van der Waals surface area (Å²) in [6, 6.07) is 0. The molecular formula is C11H14FN5O2. The van der Waals surface area contributed by atoms with Gasteiger partial charge in [0, 0.05) is 6.42 Å². The Kier molecular flexibility index (Phi) is 2.83. The van der Waals surface area contributed by atoms with E-state index < -0.39 is 18.5 Å². The molecule has 19 heavy (non-hydrogen) atoms. The van der Waals surface area contributed by atoms with Crippen molar-refractivity contribution in [2.75, 3.05) is 12.3 Å². The zero-order chi connectivity index (χ0) is 13.6. The number of nitrogen functional groups attached to an aromatic ring is 1. The molecule has 3 rings (SSSR count). The van der Waals surface area contributed by atoms with Crippen LogP contribution in [0.4, 0.5) is 10.2 Å². The van der Waals surface area contributed by atoms with Crippen molar-refractivity contribution < 1.29 is 14.2 Å². The smallest absolute Gasteiger partial charge is 0.168 e. The molecule has 0 radical (unpaired) electrons. The number of alkyl halides is 1. The number of nitrogens with two attached hydrogens (primary N) is 1. The monoisotopic (exact) mass is 267 g/mol. The molecule has 3 heterocycles. The van der Waals surface area contributed by atoms with Crippen LogP contribution in [-0.2, 0) is 4.74 Å².